The van der Waals surface area contributed by atoms with Gasteiger partial charge in [0.15, 0.2) is 0 Å². The van der Waals surface area contributed by atoms with E-state index in [1.165, 1.54) is 0 Å². The fraction of sp³-hybridized carbons (Fsp3) is 1.00. The van der Waals surface area contributed by atoms with Gasteiger partial charge in [-0.3, -0.25) is 0 Å². The number of rotatable bonds is 9. The molecule has 1 aliphatic carbocycles. The maximum Gasteiger partial charge on any atom is 0.214 e. The molecule has 1 saturated carbocycles. The van der Waals surface area contributed by atoms with Gasteiger partial charge >= 0.3 is 0 Å². The average Bonchev–Trinajstić information content (AvgIpc) is 3.10. The van der Waals surface area contributed by atoms with Gasteiger partial charge in [0.2, 0.25) is 10.0 Å². The molecular formula is C11H22ClNO3S. The summed E-state index contributed by atoms with van der Waals surface area (Å²) in [4.78, 5) is 0. The topological polar surface area (TPSA) is 46.6 Å². The van der Waals surface area contributed by atoms with Crippen molar-refractivity contribution in [3.05, 3.63) is 0 Å². The van der Waals surface area contributed by atoms with Crippen molar-refractivity contribution in [3.8, 4) is 0 Å². The Morgan fingerprint density at radius 3 is 2.59 bits per heavy atom. The van der Waals surface area contributed by atoms with E-state index in [1.54, 1.807) is 11.4 Å². The molecule has 0 N–H and O–H groups in total. The summed E-state index contributed by atoms with van der Waals surface area (Å²) in [5.41, 5.74) is 0. The minimum atomic E-state index is -3.19. The molecule has 1 aliphatic rings. The molecule has 102 valence electrons. The molecule has 17 heavy (non-hydrogen) atoms. The first-order chi connectivity index (χ1) is 8.03. The van der Waals surface area contributed by atoms with Crippen LogP contribution in [0.1, 0.15) is 26.2 Å². The summed E-state index contributed by atoms with van der Waals surface area (Å²) in [6.45, 7) is 2.88. The summed E-state index contributed by atoms with van der Waals surface area (Å²) in [5, 5.41) is 0. The monoisotopic (exact) mass is 283 g/mol. The fourth-order valence-electron chi connectivity index (χ4n) is 1.95. The average molecular weight is 284 g/mol. The second-order valence-electron chi connectivity index (χ2n) is 4.54. The third-order valence-corrected chi connectivity index (χ3v) is 5.47. The number of halogens is 1. The molecule has 1 atom stereocenters. The molecular weight excluding hydrogens is 262 g/mol. The molecule has 1 unspecified atom stereocenters. The molecule has 0 aromatic rings. The summed E-state index contributed by atoms with van der Waals surface area (Å²) in [7, 11) is -1.60. The van der Waals surface area contributed by atoms with E-state index in [2.05, 4.69) is 0 Å². The van der Waals surface area contributed by atoms with E-state index < -0.39 is 10.0 Å². The van der Waals surface area contributed by atoms with Crippen LogP contribution in [-0.4, -0.2) is 50.7 Å². The number of ether oxygens (including phenoxy) is 1. The van der Waals surface area contributed by atoms with Crippen LogP contribution in [0.15, 0.2) is 0 Å². The highest BCUT2D eigenvalue weighted by Gasteiger charge is 2.36. The summed E-state index contributed by atoms with van der Waals surface area (Å²) < 4.78 is 30.9. The van der Waals surface area contributed by atoms with Crippen LogP contribution < -0.4 is 0 Å². The highest BCUT2D eigenvalue weighted by Crippen LogP contribution is 2.36. The quantitative estimate of drug-likeness (QED) is 0.605. The molecule has 0 aromatic carbocycles. The second-order valence-corrected chi connectivity index (χ2v) is 6.96. The van der Waals surface area contributed by atoms with Crippen molar-refractivity contribution in [1.82, 2.24) is 4.31 Å². The van der Waals surface area contributed by atoms with Crippen LogP contribution in [0.4, 0.5) is 0 Å². The maximum atomic E-state index is 12.2. The van der Waals surface area contributed by atoms with Gasteiger partial charge in [-0.15, -0.1) is 11.6 Å². The van der Waals surface area contributed by atoms with Gasteiger partial charge in [-0.25, -0.2) is 8.42 Å². The first kappa shape index (κ1) is 15.2. The minimum absolute atomic E-state index is 0.0884. The largest absolute Gasteiger partial charge is 0.383 e. The standard InChI is InChI=1S/C11H22ClNO3S/c1-10(11-4-5-11)13(7-8-16-2)17(14,15)9-3-6-12/h10-11H,3-9H2,1-2H3. The number of methoxy groups -OCH3 is 1. The molecule has 4 nitrogen and oxygen atoms in total. The molecule has 1 fully saturated rings. The maximum absolute atomic E-state index is 12.2. The number of sulfonamides is 1. The molecule has 0 bridgehead atoms. The third kappa shape index (κ3) is 4.73. The lowest BCUT2D eigenvalue weighted by Crippen LogP contribution is -2.43. The van der Waals surface area contributed by atoms with Crippen molar-refractivity contribution in [1.29, 1.82) is 0 Å². The molecule has 0 amide bonds. The van der Waals surface area contributed by atoms with E-state index in [1.807, 2.05) is 6.92 Å². The predicted molar refractivity (Wildman–Crippen MR) is 69.9 cm³/mol. The van der Waals surface area contributed by atoms with Crippen molar-refractivity contribution in [2.45, 2.75) is 32.2 Å². The van der Waals surface area contributed by atoms with Gasteiger partial charge in [-0.05, 0) is 32.1 Å². The Balaban J connectivity index is 2.65. The molecule has 0 radical (unpaired) electrons. The van der Waals surface area contributed by atoms with Gasteiger partial charge in [0, 0.05) is 25.6 Å². The van der Waals surface area contributed by atoms with Gasteiger partial charge in [0.1, 0.15) is 0 Å². The first-order valence-corrected chi connectivity index (χ1v) is 8.21. The van der Waals surface area contributed by atoms with Gasteiger partial charge in [0.05, 0.1) is 12.4 Å². The molecule has 0 aromatic heterocycles. The highest BCUT2D eigenvalue weighted by molar-refractivity contribution is 7.89. The van der Waals surface area contributed by atoms with Crippen molar-refractivity contribution in [2.24, 2.45) is 5.92 Å². The predicted octanol–water partition coefficient (Wildman–Crippen LogP) is 1.69. The van der Waals surface area contributed by atoms with Crippen LogP contribution in [-0.2, 0) is 14.8 Å². The molecule has 1 rings (SSSR count). The number of nitrogens with zero attached hydrogens (tertiary/aromatic N) is 1. The van der Waals surface area contributed by atoms with Crippen LogP contribution in [0.3, 0.4) is 0 Å². The summed E-state index contributed by atoms with van der Waals surface area (Å²) in [5.74, 6) is 1.05. The number of hydrogen-bond acceptors (Lipinski definition) is 3. The zero-order valence-corrected chi connectivity index (χ0v) is 12.1. The van der Waals surface area contributed by atoms with Crippen molar-refractivity contribution in [2.75, 3.05) is 31.9 Å². The Morgan fingerprint density at radius 1 is 1.47 bits per heavy atom. The molecule has 0 heterocycles. The lowest BCUT2D eigenvalue weighted by molar-refractivity contribution is 0.164. The van der Waals surface area contributed by atoms with E-state index in [4.69, 9.17) is 16.3 Å². The zero-order chi connectivity index (χ0) is 12.9. The smallest absolute Gasteiger partial charge is 0.214 e. The van der Waals surface area contributed by atoms with Crippen LogP contribution in [0.2, 0.25) is 0 Å². The van der Waals surface area contributed by atoms with Crippen molar-refractivity contribution >= 4 is 21.6 Å². The summed E-state index contributed by atoms with van der Waals surface area (Å²) in [6.07, 6.45) is 2.77. The highest BCUT2D eigenvalue weighted by atomic mass is 35.5. The Kier molecular flexibility index (Phi) is 6.20. The minimum Gasteiger partial charge on any atom is -0.383 e. The Labute approximate surface area is 109 Å². The lowest BCUT2D eigenvalue weighted by atomic mass is 10.2. The van der Waals surface area contributed by atoms with Crippen LogP contribution in [0.25, 0.3) is 0 Å². The zero-order valence-electron chi connectivity index (χ0n) is 10.6. The normalized spacial score (nSPS) is 18.6. The fourth-order valence-corrected chi connectivity index (χ4v) is 4.01. The second kappa shape index (κ2) is 6.92. The molecule has 0 aliphatic heterocycles. The van der Waals surface area contributed by atoms with Crippen LogP contribution in [0, 0.1) is 5.92 Å². The Morgan fingerprint density at radius 2 is 2.12 bits per heavy atom. The number of hydrogen-bond donors (Lipinski definition) is 0. The van der Waals surface area contributed by atoms with E-state index in [-0.39, 0.29) is 11.8 Å². The SMILES string of the molecule is COCCN(C(C)C1CC1)S(=O)(=O)CCCCl. The van der Waals surface area contributed by atoms with Crippen LogP contribution >= 0.6 is 11.6 Å². The lowest BCUT2D eigenvalue weighted by Gasteiger charge is -2.28. The van der Waals surface area contributed by atoms with Gasteiger partial charge in [0.25, 0.3) is 0 Å². The van der Waals surface area contributed by atoms with Gasteiger partial charge < -0.3 is 4.74 Å². The van der Waals surface area contributed by atoms with E-state index >= 15 is 0 Å². The van der Waals surface area contributed by atoms with E-state index in [0.717, 1.165) is 12.8 Å². The van der Waals surface area contributed by atoms with Gasteiger partial charge in [-0.1, -0.05) is 0 Å². The summed E-state index contributed by atoms with van der Waals surface area (Å²) >= 11 is 5.56. The number of alkyl halides is 1. The Hall–Kier alpha value is 0.160. The first-order valence-electron chi connectivity index (χ1n) is 6.07. The van der Waals surface area contributed by atoms with Gasteiger partial charge in [-0.2, -0.15) is 4.31 Å². The van der Waals surface area contributed by atoms with Crippen LogP contribution in [0.5, 0.6) is 0 Å². The third-order valence-electron chi connectivity index (χ3n) is 3.17. The van der Waals surface area contributed by atoms with E-state index in [0.29, 0.717) is 31.4 Å². The molecule has 6 heteroatoms. The van der Waals surface area contributed by atoms with Crippen molar-refractivity contribution in [3.63, 3.8) is 0 Å². The summed E-state index contributed by atoms with van der Waals surface area (Å²) in [6, 6.07) is 0.0884. The molecule has 0 spiro atoms. The Bertz CT molecular complexity index is 317. The van der Waals surface area contributed by atoms with Crippen molar-refractivity contribution < 1.29 is 13.2 Å². The molecule has 0 saturated heterocycles. The van der Waals surface area contributed by atoms with E-state index in [9.17, 15) is 8.42 Å².